The van der Waals surface area contributed by atoms with Crippen molar-refractivity contribution in [3.8, 4) is 0 Å². The first kappa shape index (κ1) is 19.6. The summed E-state index contributed by atoms with van der Waals surface area (Å²) >= 11 is 0. The van der Waals surface area contributed by atoms with Crippen LogP contribution in [0.15, 0.2) is 24.3 Å². The van der Waals surface area contributed by atoms with Crippen LogP contribution in [0.3, 0.4) is 0 Å². The van der Waals surface area contributed by atoms with Crippen molar-refractivity contribution in [1.29, 1.82) is 0 Å². The zero-order valence-corrected chi connectivity index (χ0v) is 15.3. The Morgan fingerprint density at radius 3 is 2.23 bits per heavy atom. The molecule has 0 aromatic heterocycles. The zero-order valence-electron chi connectivity index (χ0n) is 15.3. The highest BCUT2D eigenvalue weighted by atomic mass is 16.5. The van der Waals surface area contributed by atoms with Crippen molar-refractivity contribution in [2.45, 2.75) is 39.2 Å². The topological polar surface area (TPSA) is 92.8 Å². The molecule has 0 fully saturated rings. The third-order valence-electron chi connectivity index (χ3n) is 4.65. The van der Waals surface area contributed by atoms with E-state index in [4.69, 9.17) is 4.74 Å². The number of nitrogens with zero attached hydrogens (tertiary/aromatic N) is 1. The molecule has 1 aliphatic heterocycles. The van der Waals surface area contributed by atoms with Crippen LogP contribution in [0.4, 0.5) is 0 Å². The van der Waals surface area contributed by atoms with Gasteiger partial charge in [0.05, 0.1) is 18.2 Å². The summed E-state index contributed by atoms with van der Waals surface area (Å²) in [7, 11) is 1.28. The second-order valence-electron chi connectivity index (χ2n) is 6.36. The summed E-state index contributed by atoms with van der Waals surface area (Å²) in [6.07, 6.45) is 1.15. The molecule has 1 aromatic rings. The summed E-state index contributed by atoms with van der Waals surface area (Å²) in [5, 5.41) is 2.68. The van der Waals surface area contributed by atoms with Gasteiger partial charge in [-0.3, -0.25) is 19.3 Å². The largest absolute Gasteiger partial charge is 0.467 e. The summed E-state index contributed by atoms with van der Waals surface area (Å²) in [6.45, 7) is 3.95. The van der Waals surface area contributed by atoms with Crippen LogP contribution in [0, 0.1) is 5.92 Å². The Morgan fingerprint density at radius 1 is 1.15 bits per heavy atom. The molecular weight excluding hydrogens is 336 g/mol. The van der Waals surface area contributed by atoms with Gasteiger partial charge in [0, 0.05) is 13.0 Å². The highest BCUT2D eigenvalue weighted by molar-refractivity contribution is 6.21. The van der Waals surface area contributed by atoms with Gasteiger partial charge in [-0.05, 0) is 24.5 Å². The fraction of sp³-hybridized carbons (Fsp3) is 0.474. The van der Waals surface area contributed by atoms with Crippen molar-refractivity contribution in [3.05, 3.63) is 35.4 Å². The van der Waals surface area contributed by atoms with E-state index in [0.29, 0.717) is 17.5 Å². The summed E-state index contributed by atoms with van der Waals surface area (Å²) < 4.78 is 4.73. The molecule has 0 saturated carbocycles. The van der Waals surface area contributed by atoms with Crippen molar-refractivity contribution < 1.29 is 23.9 Å². The first-order chi connectivity index (χ1) is 12.4. The molecule has 0 aliphatic carbocycles. The van der Waals surface area contributed by atoms with Gasteiger partial charge in [0.15, 0.2) is 0 Å². The Labute approximate surface area is 152 Å². The number of rotatable bonds is 8. The number of benzene rings is 1. The maximum Gasteiger partial charge on any atom is 0.328 e. The van der Waals surface area contributed by atoms with Gasteiger partial charge in [-0.2, -0.15) is 0 Å². The number of imide groups is 1. The van der Waals surface area contributed by atoms with Crippen molar-refractivity contribution in [1.82, 2.24) is 10.2 Å². The van der Waals surface area contributed by atoms with Gasteiger partial charge >= 0.3 is 5.97 Å². The molecular formula is C19H24N2O5. The fourth-order valence-corrected chi connectivity index (χ4v) is 2.88. The van der Waals surface area contributed by atoms with Crippen molar-refractivity contribution in [3.63, 3.8) is 0 Å². The lowest BCUT2D eigenvalue weighted by molar-refractivity contribution is -0.146. The van der Waals surface area contributed by atoms with Gasteiger partial charge in [-0.15, -0.1) is 0 Å². The number of ether oxygens (including phenoxy) is 1. The van der Waals surface area contributed by atoms with Gasteiger partial charge in [0.2, 0.25) is 5.91 Å². The van der Waals surface area contributed by atoms with Gasteiger partial charge in [-0.25, -0.2) is 4.79 Å². The second-order valence-corrected chi connectivity index (χ2v) is 6.36. The third kappa shape index (κ3) is 4.09. The van der Waals surface area contributed by atoms with E-state index >= 15 is 0 Å². The molecule has 0 saturated heterocycles. The van der Waals surface area contributed by atoms with E-state index in [1.54, 1.807) is 24.3 Å². The Balaban J connectivity index is 1.88. The van der Waals surface area contributed by atoms with Crippen LogP contribution in [-0.4, -0.2) is 48.3 Å². The van der Waals surface area contributed by atoms with Crippen LogP contribution >= 0.6 is 0 Å². The maximum absolute atomic E-state index is 12.3. The molecule has 0 bridgehead atoms. The van der Waals surface area contributed by atoms with Gasteiger partial charge < -0.3 is 10.1 Å². The molecule has 2 rings (SSSR count). The molecule has 2 atom stereocenters. The molecule has 140 valence electrons. The molecule has 0 radical (unpaired) electrons. The minimum atomic E-state index is -0.697. The van der Waals surface area contributed by atoms with E-state index in [1.165, 1.54) is 7.11 Å². The number of nitrogens with one attached hydrogen (secondary N) is 1. The molecule has 1 N–H and O–H groups in total. The van der Waals surface area contributed by atoms with E-state index in [0.717, 1.165) is 11.3 Å². The van der Waals surface area contributed by atoms with Gasteiger partial charge in [0.1, 0.15) is 6.04 Å². The van der Waals surface area contributed by atoms with Crippen LogP contribution in [0.5, 0.6) is 0 Å². The van der Waals surface area contributed by atoms with Crippen LogP contribution in [0.2, 0.25) is 0 Å². The molecule has 1 aliphatic rings. The van der Waals surface area contributed by atoms with Gasteiger partial charge in [-0.1, -0.05) is 32.4 Å². The lowest BCUT2D eigenvalue weighted by atomic mass is 9.99. The summed E-state index contributed by atoms with van der Waals surface area (Å²) in [5.74, 6) is -1.51. The van der Waals surface area contributed by atoms with Crippen LogP contribution < -0.4 is 5.32 Å². The number of amides is 3. The zero-order chi connectivity index (χ0) is 19.3. The third-order valence-corrected chi connectivity index (χ3v) is 4.65. The molecule has 0 spiro atoms. The van der Waals surface area contributed by atoms with Crippen molar-refractivity contribution in [2.75, 3.05) is 13.7 Å². The first-order valence-corrected chi connectivity index (χ1v) is 8.73. The fourth-order valence-electron chi connectivity index (χ4n) is 2.88. The van der Waals surface area contributed by atoms with Crippen LogP contribution in [0.1, 0.15) is 53.8 Å². The summed E-state index contributed by atoms with van der Waals surface area (Å²) in [5.41, 5.74) is 0.786. The number of fused-ring (bicyclic) bond motifs is 1. The molecule has 7 heteroatoms. The predicted molar refractivity (Wildman–Crippen MR) is 94.4 cm³/mol. The Hall–Kier alpha value is -2.70. The number of carbonyl (C=O) groups is 4. The standard InChI is InChI=1S/C19H24N2O5/c1-4-12(2)16(19(25)26-3)20-15(22)10-7-11-21-17(23)13-8-5-6-9-14(13)18(21)24/h5-6,8-9,12,16H,4,7,10-11H2,1-3H3,(H,20,22). The van der Waals surface area contributed by atoms with E-state index in [1.807, 2.05) is 13.8 Å². The molecule has 7 nitrogen and oxygen atoms in total. The smallest absolute Gasteiger partial charge is 0.328 e. The van der Waals surface area contributed by atoms with E-state index in [9.17, 15) is 19.2 Å². The predicted octanol–water partition coefficient (Wildman–Crippen LogP) is 1.77. The number of methoxy groups -OCH3 is 1. The minimum absolute atomic E-state index is 0.0531. The van der Waals surface area contributed by atoms with Crippen LogP contribution in [0.25, 0.3) is 0 Å². The number of hydrogen-bond donors (Lipinski definition) is 1. The highest BCUT2D eigenvalue weighted by Gasteiger charge is 2.34. The van der Waals surface area contributed by atoms with Crippen LogP contribution in [-0.2, 0) is 14.3 Å². The minimum Gasteiger partial charge on any atom is -0.467 e. The molecule has 1 aromatic carbocycles. The summed E-state index contributed by atoms with van der Waals surface area (Å²) in [6, 6.07) is 5.97. The van der Waals surface area contributed by atoms with E-state index in [-0.39, 0.29) is 36.6 Å². The Kier molecular flexibility index (Phi) is 6.49. The number of hydrogen-bond acceptors (Lipinski definition) is 5. The summed E-state index contributed by atoms with van der Waals surface area (Å²) in [4.78, 5) is 49.6. The average Bonchev–Trinajstić information content (AvgIpc) is 2.90. The monoisotopic (exact) mass is 360 g/mol. The normalized spacial score (nSPS) is 15.4. The number of esters is 1. The van der Waals surface area contributed by atoms with E-state index in [2.05, 4.69) is 5.32 Å². The lowest BCUT2D eigenvalue weighted by Crippen LogP contribution is -2.45. The maximum atomic E-state index is 12.3. The second kappa shape index (κ2) is 8.60. The average molecular weight is 360 g/mol. The highest BCUT2D eigenvalue weighted by Crippen LogP contribution is 2.22. The first-order valence-electron chi connectivity index (χ1n) is 8.73. The number of carbonyl (C=O) groups excluding carboxylic acids is 4. The Bertz CT molecular complexity index is 681. The van der Waals surface area contributed by atoms with E-state index < -0.39 is 12.0 Å². The Morgan fingerprint density at radius 2 is 1.73 bits per heavy atom. The molecule has 2 unspecified atom stereocenters. The molecule has 26 heavy (non-hydrogen) atoms. The van der Waals surface area contributed by atoms with Gasteiger partial charge in [0.25, 0.3) is 11.8 Å². The molecule has 1 heterocycles. The van der Waals surface area contributed by atoms with Crippen molar-refractivity contribution >= 4 is 23.7 Å². The quantitative estimate of drug-likeness (QED) is 0.563. The SMILES string of the molecule is CCC(C)C(NC(=O)CCCN1C(=O)c2ccccc2C1=O)C(=O)OC. The van der Waals surface area contributed by atoms with Crippen molar-refractivity contribution in [2.24, 2.45) is 5.92 Å². The molecule has 3 amide bonds. The lowest BCUT2D eigenvalue weighted by Gasteiger charge is -2.22.